The Bertz CT molecular complexity index is 652. The Morgan fingerprint density at radius 1 is 0.750 bits per heavy atom. The van der Waals surface area contributed by atoms with Crippen LogP contribution in [-0.2, 0) is 0 Å². The summed E-state index contributed by atoms with van der Waals surface area (Å²) in [6.07, 6.45) is 0. The zero-order valence-corrected chi connectivity index (χ0v) is 9.89. The van der Waals surface area contributed by atoms with Crippen LogP contribution in [0.3, 0.4) is 0 Å². The summed E-state index contributed by atoms with van der Waals surface area (Å²) in [6, 6.07) is 6.72. The van der Waals surface area contributed by atoms with Crippen LogP contribution in [0.2, 0.25) is 0 Å². The van der Waals surface area contributed by atoms with Gasteiger partial charge in [-0.15, -0.1) is 0 Å². The minimum atomic E-state index is -0.667. The molecule has 2 aromatic carbocycles. The molecule has 0 saturated heterocycles. The number of aromatic hydroxyl groups is 2. The molecule has 0 aliphatic rings. The van der Waals surface area contributed by atoms with Crippen molar-refractivity contribution < 1.29 is 20.1 Å². The smallest absolute Gasteiger partial charge is 0.273 e. The molecule has 102 valence electrons. The Kier molecular flexibility index (Phi) is 3.21. The van der Waals surface area contributed by atoms with Gasteiger partial charge in [-0.2, -0.15) is 0 Å². The van der Waals surface area contributed by atoms with Crippen LogP contribution in [0.1, 0.15) is 0 Å². The molecule has 0 amide bonds. The number of benzene rings is 2. The Labute approximate surface area is 111 Å². The Morgan fingerprint density at radius 3 is 1.35 bits per heavy atom. The summed E-state index contributed by atoms with van der Waals surface area (Å²) in [5.74, 6) is -0.799. The Balaban J connectivity index is 2.52. The topological polar surface area (TPSA) is 127 Å². The summed E-state index contributed by atoms with van der Waals surface area (Å²) in [7, 11) is 0. The molecule has 0 unspecified atom stereocenters. The molecule has 20 heavy (non-hydrogen) atoms. The van der Waals surface area contributed by atoms with Gasteiger partial charge >= 0.3 is 0 Å². The van der Waals surface area contributed by atoms with Crippen LogP contribution in [0.4, 0.5) is 11.4 Å². The number of nitro benzene ring substituents is 2. The summed E-state index contributed by atoms with van der Waals surface area (Å²) in [4.78, 5) is 19.8. The summed E-state index contributed by atoms with van der Waals surface area (Å²) in [5.41, 5.74) is -0.314. The maximum absolute atomic E-state index is 10.6. The highest BCUT2D eigenvalue weighted by Crippen LogP contribution is 2.38. The molecule has 0 radical (unpaired) electrons. The average Bonchev–Trinajstić information content (AvgIpc) is 2.38. The van der Waals surface area contributed by atoms with Gasteiger partial charge in [0, 0.05) is 23.3 Å². The third-order valence-corrected chi connectivity index (χ3v) is 2.67. The monoisotopic (exact) mass is 276 g/mol. The molecule has 0 heterocycles. The lowest BCUT2D eigenvalue weighted by Crippen LogP contribution is -1.90. The van der Waals surface area contributed by atoms with E-state index in [1.807, 2.05) is 0 Å². The molecule has 0 spiro atoms. The maximum atomic E-state index is 10.6. The van der Waals surface area contributed by atoms with Crippen LogP contribution in [-0.4, -0.2) is 20.1 Å². The summed E-state index contributed by atoms with van der Waals surface area (Å²) < 4.78 is 0. The number of hydrogen-bond acceptors (Lipinski definition) is 6. The van der Waals surface area contributed by atoms with E-state index in [1.165, 1.54) is 12.1 Å². The summed E-state index contributed by atoms with van der Waals surface area (Å²) in [5, 5.41) is 40.6. The van der Waals surface area contributed by atoms with Crippen molar-refractivity contribution in [3.05, 3.63) is 56.6 Å². The zero-order valence-electron chi connectivity index (χ0n) is 9.89. The van der Waals surface area contributed by atoms with Gasteiger partial charge in [-0.25, -0.2) is 0 Å². The highest BCUT2D eigenvalue weighted by atomic mass is 16.6. The van der Waals surface area contributed by atoms with Crippen LogP contribution >= 0.6 is 0 Å². The van der Waals surface area contributed by atoms with Gasteiger partial charge in [-0.05, 0) is 12.1 Å². The molecule has 0 aromatic heterocycles. The van der Waals surface area contributed by atoms with E-state index in [4.69, 9.17) is 0 Å². The van der Waals surface area contributed by atoms with Crippen molar-refractivity contribution in [3.8, 4) is 22.6 Å². The largest absolute Gasteiger partial charge is 0.507 e. The molecule has 0 bridgehead atoms. The molecular formula is C12H8N2O6. The molecule has 2 N–H and O–H groups in total. The first kappa shape index (κ1) is 13.3. The molecule has 0 aliphatic heterocycles. The quantitative estimate of drug-likeness (QED) is 0.655. The van der Waals surface area contributed by atoms with E-state index in [-0.39, 0.29) is 22.5 Å². The molecular weight excluding hydrogens is 268 g/mol. The van der Waals surface area contributed by atoms with E-state index in [1.54, 1.807) is 0 Å². The standard InChI is InChI=1S/C12H8N2O6/c15-11-5-7(13(17)18)1-3-9(11)10-4-2-8(14(19)20)6-12(10)16/h1-6,15-16H. The second-order valence-electron chi connectivity index (χ2n) is 3.92. The van der Waals surface area contributed by atoms with Crippen molar-refractivity contribution in [2.75, 3.05) is 0 Å². The third-order valence-electron chi connectivity index (χ3n) is 2.67. The minimum Gasteiger partial charge on any atom is -0.507 e. The van der Waals surface area contributed by atoms with Crippen molar-refractivity contribution in [2.24, 2.45) is 0 Å². The van der Waals surface area contributed by atoms with Crippen LogP contribution < -0.4 is 0 Å². The van der Waals surface area contributed by atoms with E-state index in [0.717, 1.165) is 24.3 Å². The van der Waals surface area contributed by atoms with Crippen molar-refractivity contribution >= 4 is 11.4 Å². The lowest BCUT2D eigenvalue weighted by molar-refractivity contribution is -0.385. The van der Waals surface area contributed by atoms with Gasteiger partial charge in [0.25, 0.3) is 11.4 Å². The van der Waals surface area contributed by atoms with E-state index >= 15 is 0 Å². The fourth-order valence-corrected chi connectivity index (χ4v) is 1.72. The number of nitrogens with zero attached hydrogens (tertiary/aromatic N) is 2. The highest BCUT2D eigenvalue weighted by Gasteiger charge is 2.16. The third kappa shape index (κ3) is 2.34. The van der Waals surface area contributed by atoms with Crippen LogP contribution in [0.25, 0.3) is 11.1 Å². The van der Waals surface area contributed by atoms with E-state index in [2.05, 4.69) is 0 Å². The van der Waals surface area contributed by atoms with Crippen LogP contribution in [0.15, 0.2) is 36.4 Å². The van der Waals surface area contributed by atoms with Gasteiger partial charge in [0.2, 0.25) is 0 Å². The molecule has 2 aromatic rings. The van der Waals surface area contributed by atoms with Crippen molar-refractivity contribution in [3.63, 3.8) is 0 Å². The molecule has 0 fully saturated rings. The average molecular weight is 276 g/mol. The zero-order chi connectivity index (χ0) is 14.9. The second kappa shape index (κ2) is 4.84. The predicted octanol–water partition coefficient (Wildman–Crippen LogP) is 2.58. The fraction of sp³-hybridized carbons (Fsp3) is 0. The van der Waals surface area contributed by atoms with Gasteiger partial charge < -0.3 is 10.2 Å². The number of phenolic OH excluding ortho intramolecular Hbond substituents is 2. The second-order valence-corrected chi connectivity index (χ2v) is 3.92. The lowest BCUT2D eigenvalue weighted by atomic mass is 10.0. The lowest BCUT2D eigenvalue weighted by Gasteiger charge is -2.06. The SMILES string of the molecule is O=[N+]([O-])c1ccc(-c2ccc([N+](=O)[O-])cc2O)c(O)c1. The molecule has 8 heteroatoms. The van der Waals surface area contributed by atoms with E-state index in [9.17, 15) is 30.4 Å². The molecule has 0 atom stereocenters. The van der Waals surface area contributed by atoms with Gasteiger partial charge in [0.15, 0.2) is 0 Å². The Morgan fingerprint density at radius 2 is 1.10 bits per heavy atom. The van der Waals surface area contributed by atoms with E-state index in [0.29, 0.717) is 0 Å². The molecule has 2 rings (SSSR count). The van der Waals surface area contributed by atoms with Crippen LogP contribution in [0.5, 0.6) is 11.5 Å². The van der Waals surface area contributed by atoms with Crippen molar-refractivity contribution in [2.45, 2.75) is 0 Å². The molecule has 0 aliphatic carbocycles. The number of nitro groups is 2. The maximum Gasteiger partial charge on any atom is 0.273 e. The fourth-order valence-electron chi connectivity index (χ4n) is 1.72. The minimum absolute atomic E-state index is 0.142. The summed E-state index contributed by atoms with van der Waals surface area (Å²) in [6.45, 7) is 0. The highest BCUT2D eigenvalue weighted by molar-refractivity contribution is 5.77. The van der Waals surface area contributed by atoms with Gasteiger partial charge in [-0.3, -0.25) is 20.2 Å². The number of hydrogen-bond donors (Lipinski definition) is 2. The normalized spacial score (nSPS) is 10.2. The van der Waals surface area contributed by atoms with Gasteiger partial charge in [0.1, 0.15) is 11.5 Å². The first-order chi connectivity index (χ1) is 9.40. The molecule has 0 saturated carbocycles. The summed E-state index contributed by atoms with van der Waals surface area (Å²) >= 11 is 0. The number of phenols is 2. The number of rotatable bonds is 3. The van der Waals surface area contributed by atoms with Crippen molar-refractivity contribution in [1.29, 1.82) is 0 Å². The first-order valence-corrected chi connectivity index (χ1v) is 5.35. The van der Waals surface area contributed by atoms with Crippen LogP contribution in [0, 0.1) is 20.2 Å². The predicted molar refractivity (Wildman–Crippen MR) is 68.5 cm³/mol. The number of non-ortho nitro benzene ring substituents is 2. The van der Waals surface area contributed by atoms with Gasteiger partial charge in [0.05, 0.1) is 22.0 Å². The Hall–Kier alpha value is -3.16. The van der Waals surface area contributed by atoms with Gasteiger partial charge in [-0.1, -0.05) is 0 Å². The molecule has 8 nitrogen and oxygen atoms in total. The van der Waals surface area contributed by atoms with E-state index < -0.39 is 21.3 Å². The first-order valence-electron chi connectivity index (χ1n) is 5.35. The van der Waals surface area contributed by atoms with Crippen molar-refractivity contribution in [1.82, 2.24) is 0 Å².